The van der Waals surface area contributed by atoms with Gasteiger partial charge in [0.25, 0.3) is 5.91 Å². The Morgan fingerprint density at radius 2 is 2.22 bits per heavy atom. The Hall–Kier alpha value is -3.36. The fourth-order valence-electron chi connectivity index (χ4n) is 1.87. The SMILES string of the molecule is CCOc1ncccc1C(=O)Nc1cc(-n2cncn2)ncn1. The van der Waals surface area contributed by atoms with Crippen LogP contribution in [0, 0.1) is 0 Å². The fourth-order valence-corrected chi connectivity index (χ4v) is 1.87. The molecule has 0 saturated heterocycles. The quantitative estimate of drug-likeness (QED) is 0.751. The first-order chi connectivity index (χ1) is 11.3. The summed E-state index contributed by atoms with van der Waals surface area (Å²) in [6, 6.07) is 4.88. The zero-order valence-electron chi connectivity index (χ0n) is 12.2. The van der Waals surface area contributed by atoms with E-state index in [-0.39, 0.29) is 11.8 Å². The summed E-state index contributed by atoms with van der Waals surface area (Å²) < 4.78 is 6.82. The molecule has 0 aromatic carbocycles. The summed E-state index contributed by atoms with van der Waals surface area (Å²) in [6.07, 6.45) is 5.79. The van der Waals surface area contributed by atoms with E-state index in [1.165, 1.54) is 23.7 Å². The molecular weight excluding hydrogens is 298 g/mol. The highest BCUT2D eigenvalue weighted by atomic mass is 16.5. The van der Waals surface area contributed by atoms with Crippen LogP contribution in [0.2, 0.25) is 0 Å². The smallest absolute Gasteiger partial charge is 0.262 e. The highest BCUT2D eigenvalue weighted by molar-refractivity contribution is 6.05. The van der Waals surface area contributed by atoms with Gasteiger partial charge in [0.15, 0.2) is 5.82 Å². The van der Waals surface area contributed by atoms with Crippen LogP contribution < -0.4 is 10.1 Å². The maximum absolute atomic E-state index is 12.4. The first kappa shape index (κ1) is 14.6. The second-order valence-electron chi connectivity index (χ2n) is 4.34. The second-order valence-corrected chi connectivity index (χ2v) is 4.34. The Kier molecular flexibility index (Phi) is 4.18. The molecule has 1 N–H and O–H groups in total. The molecule has 9 nitrogen and oxygen atoms in total. The summed E-state index contributed by atoms with van der Waals surface area (Å²) in [4.78, 5) is 28.4. The first-order valence-corrected chi connectivity index (χ1v) is 6.84. The van der Waals surface area contributed by atoms with Crippen LogP contribution in [-0.4, -0.2) is 42.2 Å². The van der Waals surface area contributed by atoms with E-state index in [1.54, 1.807) is 24.4 Å². The van der Waals surface area contributed by atoms with Crippen LogP contribution in [0.25, 0.3) is 5.82 Å². The predicted molar refractivity (Wildman–Crippen MR) is 80.3 cm³/mol. The van der Waals surface area contributed by atoms with E-state index >= 15 is 0 Å². The van der Waals surface area contributed by atoms with Gasteiger partial charge in [-0.15, -0.1) is 0 Å². The molecule has 23 heavy (non-hydrogen) atoms. The van der Waals surface area contributed by atoms with Gasteiger partial charge in [-0.1, -0.05) is 0 Å². The van der Waals surface area contributed by atoms with Crippen LogP contribution in [-0.2, 0) is 0 Å². The van der Waals surface area contributed by atoms with E-state index in [4.69, 9.17) is 4.74 Å². The number of hydrogen-bond acceptors (Lipinski definition) is 7. The molecule has 0 saturated carbocycles. The molecule has 3 aromatic rings. The minimum atomic E-state index is -0.371. The molecule has 3 rings (SSSR count). The number of ether oxygens (including phenoxy) is 1. The van der Waals surface area contributed by atoms with E-state index in [0.717, 1.165) is 0 Å². The van der Waals surface area contributed by atoms with E-state index in [2.05, 4.69) is 30.4 Å². The van der Waals surface area contributed by atoms with E-state index in [9.17, 15) is 4.79 Å². The number of carbonyl (C=O) groups excluding carboxylic acids is 1. The predicted octanol–water partition coefficient (Wildman–Crippen LogP) is 1.10. The van der Waals surface area contributed by atoms with Gasteiger partial charge < -0.3 is 10.1 Å². The Bertz CT molecular complexity index is 804. The van der Waals surface area contributed by atoms with Crippen molar-refractivity contribution in [3.63, 3.8) is 0 Å². The van der Waals surface area contributed by atoms with Gasteiger partial charge in [-0.05, 0) is 19.1 Å². The first-order valence-electron chi connectivity index (χ1n) is 6.84. The molecule has 0 bridgehead atoms. The standard InChI is InChI=1S/C14H13N7O2/c1-2-23-14-10(4-3-5-16-14)13(22)20-11-6-12(18-8-17-11)21-9-15-7-19-21/h3-9H,2H2,1H3,(H,17,18,20,22). The van der Waals surface area contributed by atoms with Crippen LogP contribution in [0.3, 0.4) is 0 Å². The molecule has 0 radical (unpaired) electrons. The molecule has 0 aliphatic rings. The molecule has 1 amide bonds. The number of hydrogen-bond donors (Lipinski definition) is 1. The number of carbonyl (C=O) groups is 1. The fraction of sp³-hybridized carbons (Fsp3) is 0.143. The number of nitrogens with one attached hydrogen (secondary N) is 1. The molecule has 0 spiro atoms. The van der Waals surface area contributed by atoms with Crippen LogP contribution in [0.15, 0.2) is 43.4 Å². The van der Waals surface area contributed by atoms with Crippen LogP contribution >= 0.6 is 0 Å². The second kappa shape index (κ2) is 6.60. The number of rotatable bonds is 5. The zero-order chi connectivity index (χ0) is 16.1. The molecule has 0 unspecified atom stereocenters. The summed E-state index contributed by atoms with van der Waals surface area (Å²) >= 11 is 0. The number of amides is 1. The van der Waals surface area contributed by atoms with Crippen molar-refractivity contribution in [1.29, 1.82) is 0 Å². The van der Waals surface area contributed by atoms with Gasteiger partial charge in [0.2, 0.25) is 5.88 Å². The highest BCUT2D eigenvalue weighted by Gasteiger charge is 2.14. The summed E-state index contributed by atoms with van der Waals surface area (Å²) in [6.45, 7) is 2.24. The summed E-state index contributed by atoms with van der Waals surface area (Å²) in [5.74, 6) is 0.730. The van der Waals surface area contributed by atoms with Gasteiger partial charge >= 0.3 is 0 Å². The van der Waals surface area contributed by atoms with Crippen molar-refractivity contribution < 1.29 is 9.53 Å². The third kappa shape index (κ3) is 3.28. The largest absolute Gasteiger partial charge is 0.477 e. The summed E-state index contributed by atoms with van der Waals surface area (Å²) in [5, 5.41) is 6.66. The maximum atomic E-state index is 12.4. The lowest BCUT2D eigenvalue weighted by molar-refractivity contribution is 0.102. The van der Waals surface area contributed by atoms with Crippen molar-refractivity contribution in [3.05, 3.63) is 48.9 Å². The van der Waals surface area contributed by atoms with E-state index < -0.39 is 0 Å². The van der Waals surface area contributed by atoms with Crippen LogP contribution in [0.5, 0.6) is 5.88 Å². The van der Waals surface area contributed by atoms with Gasteiger partial charge in [0.05, 0.1) is 6.61 Å². The minimum Gasteiger partial charge on any atom is -0.477 e. The Balaban J connectivity index is 1.82. The molecule has 0 aliphatic carbocycles. The number of nitrogens with zero attached hydrogens (tertiary/aromatic N) is 6. The Labute approximate surface area is 131 Å². The van der Waals surface area contributed by atoms with E-state index in [0.29, 0.717) is 23.8 Å². The number of anilines is 1. The molecule has 3 heterocycles. The van der Waals surface area contributed by atoms with Gasteiger partial charge in [0.1, 0.15) is 30.4 Å². The maximum Gasteiger partial charge on any atom is 0.262 e. The molecule has 3 aromatic heterocycles. The molecule has 116 valence electrons. The topological polar surface area (TPSA) is 108 Å². The minimum absolute atomic E-state index is 0.276. The lowest BCUT2D eigenvalue weighted by Gasteiger charge is -2.09. The van der Waals surface area contributed by atoms with E-state index in [1.807, 2.05) is 6.92 Å². The van der Waals surface area contributed by atoms with Crippen LogP contribution in [0.1, 0.15) is 17.3 Å². The lowest BCUT2D eigenvalue weighted by Crippen LogP contribution is -2.15. The van der Waals surface area contributed by atoms with Crippen LogP contribution in [0.4, 0.5) is 5.82 Å². The molecule has 0 fully saturated rings. The third-order valence-corrected chi connectivity index (χ3v) is 2.84. The van der Waals surface area contributed by atoms with Crippen molar-refractivity contribution >= 4 is 11.7 Å². The highest BCUT2D eigenvalue weighted by Crippen LogP contribution is 2.16. The van der Waals surface area contributed by atoms with Crippen molar-refractivity contribution in [2.45, 2.75) is 6.92 Å². The molecular formula is C14H13N7O2. The van der Waals surface area contributed by atoms with Gasteiger partial charge in [-0.2, -0.15) is 5.10 Å². The molecule has 9 heteroatoms. The van der Waals surface area contributed by atoms with Gasteiger partial charge in [-0.3, -0.25) is 4.79 Å². The average Bonchev–Trinajstić information content (AvgIpc) is 3.10. The monoisotopic (exact) mass is 311 g/mol. The normalized spacial score (nSPS) is 10.3. The zero-order valence-corrected chi connectivity index (χ0v) is 12.2. The summed E-state index contributed by atoms with van der Waals surface area (Å²) in [7, 11) is 0. The van der Waals surface area contributed by atoms with Gasteiger partial charge in [-0.25, -0.2) is 24.6 Å². The molecule has 0 aliphatic heterocycles. The van der Waals surface area contributed by atoms with Crippen molar-refractivity contribution in [2.75, 3.05) is 11.9 Å². The van der Waals surface area contributed by atoms with Crippen molar-refractivity contribution in [2.24, 2.45) is 0 Å². The molecule has 0 atom stereocenters. The number of aromatic nitrogens is 6. The summed E-state index contributed by atoms with van der Waals surface area (Å²) in [5.41, 5.74) is 0.329. The number of pyridine rings is 1. The van der Waals surface area contributed by atoms with Crippen molar-refractivity contribution in [3.8, 4) is 11.7 Å². The Morgan fingerprint density at radius 1 is 1.30 bits per heavy atom. The van der Waals surface area contributed by atoms with Gasteiger partial charge in [0, 0.05) is 12.3 Å². The third-order valence-electron chi connectivity index (χ3n) is 2.84. The average molecular weight is 311 g/mol. The Morgan fingerprint density at radius 3 is 3.00 bits per heavy atom. The lowest BCUT2D eigenvalue weighted by atomic mass is 10.2. The van der Waals surface area contributed by atoms with Crippen molar-refractivity contribution in [1.82, 2.24) is 29.7 Å².